The minimum atomic E-state index is -0.413. The van der Waals surface area contributed by atoms with Gasteiger partial charge in [-0.2, -0.15) is 5.10 Å². The molecule has 0 aliphatic carbocycles. The molecule has 0 radical (unpaired) electrons. The highest BCUT2D eigenvalue weighted by Crippen LogP contribution is 2.26. The van der Waals surface area contributed by atoms with E-state index in [9.17, 15) is 10.1 Å². The maximum atomic E-state index is 11.0. The topological polar surface area (TPSA) is 70.2 Å². The first-order valence-corrected chi connectivity index (χ1v) is 6.32. The van der Waals surface area contributed by atoms with E-state index in [1.807, 2.05) is 0 Å². The first kappa shape index (κ1) is 14.3. The molecule has 0 atom stereocenters. The smallest absolute Gasteiger partial charge is 0.312 e. The van der Waals surface area contributed by atoms with Crippen molar-refractivity contribution in [3.05, 3.63) is 50.3 Å². The van der Waals surface area contributed by atoms with Gasteiger partial charge < -0.3 is 4.74 Å². The molecule has 7 heteroatoms. The molecule has 0 N–H and O–H groups in total. The molecule has 0 fully saturated rings. The van der Waals surface area contributed by atoms with E-state index in [4.69, 9.17) is 16.3 Å². The lowest BCUT2D eigenvalue weighted by Crippen LogP contribution is -2.06. The van der Waals surface area contributed by atoms with E-state index in [0.29, 0.717) is 28.7 Å². The van der Waals surface area contributed by atoms with Crippen LogP contribution in [0.1, 0.15) is 17.0 Å². The van der Waals surface area contributed by atoms with E-state index in [1.165, 1.54) is 0 Å². The number of ether oxygens (including phenoxy) is 1. The van der Waals surface area contributed by atoms with Crippen molar-refractivity contribution in [2.75, 3.05) is 7.11 Å². The number of aryl methyl sites for hydroxylation is 1. The first-order chi connectivity index (χ1) is 9.43. The molecule has 0 aliphatic heterocycles. The molecule has 0 unspecified atom stereocenters. The summed E-state index contributed by atoms with van der Waals surface area (Å²) in [4.78, 5) is 10.6. The molecule has 0 amide bonds. The molecule has 1 heterocycles. The molecular weight excluding hydrogens is 282 g/mol. The summed E-state index contributed by atoms with van der Waals surface area (Å²) < 4.78 is 6.85. The van der Waals surface area contributed by atoms with Crippen LogP contribution in [-0.4, -0.2) is 21.8 Å². The molecule has 106 valence electrons. The molecule has 0 aliphatic rings. The van der Waals surface area contributed by atoms with Crippen LogP contribution in [0.25, 0.3) is 0 Å². The lowest BCUT2D eigenvalue weighted by molar-refractivity contribution is -0.386. The van der Waals surface area contributed by atoms with Crippen LogP contribution in [0.15, 0.2) is 18.2 Å². The van der Waals surface area contributed by atoms with Gasteiger partial charge in [0, 0.05) is 10.6 Å². The van der Waals surface area contributed by atoms with Gasteiger partial charge >= 0.3 is 5.69 Å². The van der Waals surface area contributed by atoms with Gasteiger partial charge in [-0.1, -0.05) is 11.6 Å². The number of halogens is 1. The van der Waals surface area contributed by atoms with Gasteiger partial charge in [0.1, 0.15) is 17.1 Å². The van der Waals surface area contributed by atoms with Crippen molar-refractivity contribution >= 4 is 17.3 Å². The molecule has 6 nitrogen and oxygen atoms in total. The van der Waals surface area contributed by atoms with Crippen molar-refractivity contribution in [1.29, 1.82) is 0 Å². The molecule has 1 aromatic carbocycles. The fourth-order valence-electron chi connectivity index (χ4n) is 2.14. The van der Waals surface area contributed by atoms with Crippen LogP contribution in [0.5, 0.6) is 5.75 Å². The number of benzene rings is 1. The number of nitrogens with zero attached hydrogens (tertiary/aromatic N) is 3. The van der Waals surface area contributed by atoms with E-state index in [2.05, 4.69) is 5.10 Å². The highest BCUT2D eigenvalue weighted by molar-refractivity contribution is 6.30. The second-order valence-corrected chi connectivity index (χ2v) is 4.83. The maximum Gasteiger partial charge on any atom is 0.312 e. The Hall–Kier alpha value is -2.08. The maximum absolute atomic E-state index is 11.0. The van der Waals surface area contributed by atoms with Crippen molar-refractivity contribution in [2.45, 2.75) is 20.4 Å². The molecule has 1 aromatic heterocycles. The second-order valence-electron chi connectivity index (χ2n) is 4.39. The predicted molar refractivity (Wildman–Crippen MR) is 75.5 cm³/mol. The molecule has 0 saturated heterocycles. The third-order valence-corrected chi connectivity index (χ3v) is 3.32. The van der Waals surface area contributed by atoms with Crippen molar-refractivity contribution in [3.8, 4) is 5.75 Å². The monoisotopic (exact) mass is 295 g/mol. The fourth-order valence-corrected chi connectivity index (χ4v) is 2.33. The number of rotatable bonds is 4. The summed E-state index contributed by atoms with van der Waals surface area (Å²) >= 11 is 5.97. The predicted octanol–water partition coefficient (Wildman–Crippen LogP) is 3.12. The third kappa shape index (κ3) is 2.60. The summed E-state index contributed by atoms with van der Waals surface area (Å²) in [6.07, 6.45) is 0. The summed E-state index contributed by atoms with van der Waals surface area (Å²) in [5.74, 6) is 0.671. The number of hydrogen-bond acceptors (Lipinski definition) is 4. The van der Waals surface area contributed by atoms with Crippen molar-refractivity contribution in [1.82, 2.24) is 9.78 Å². The van der Waals surface area contributed by atoms with Gasteiger partial charge in [0.25, 0.3) is 0 Å². The average Bonchev–Trinajstić information content (AvgIpc) is 2.64. The van der Waals surface area contributed by atoms with Crippen molar-refractivity contribution < 1.29 is 9.66 Å². The standard InChI is InChI=1S/C13H14ClN3O3/c1-8-13(17(18)19)9(2)16(15-8)7-10-6-11(14)4-5-12(10)20-3/h4-6H,7H2,1-3H3. The Morgan fingerprint density at radius 3 is 2.70 bits per heavy atom. The van der Waals surface area contributed by atoms with Gasteiger partial charge in [-0.25, -0.2) is 0 Å². The van der Waals surface area contributed by atoms with Crippen LogP contribution in [0.3, 0.4) is 0 Å². The Balaban J connectivity index is 2.43. The second kappa shape index (κ2) is 5.50. The van der Waals surface area contributed by atoms with E-state index in [-0.39, 0.29) is 5.69 Å². The fraction of sp³-hybridized carbons (Fsp3) is 0.308. The molecule has 2 rings (SSSR count). The zero-order valence-electron chi connectivity index (χ0n) is 11.4. The lowest BCUT2D eigenvalue weighted by Gasteiger charge is -2.09. The van der Waals surface area contributed by atoms with Crippen LogP contribution in [-0.2, 0) is 6.54 Å². The summed E-state index contributed by atoms with van der Waals surface area (Å²) in [7, 11) is 1.57. The van der Waals surface area contributed by atoms with E-state index in [0.717, 1.165) is 5.56 Å². The number of aromatic nitrogens is 2. The number of hydrogen-bond donors (Lipinski definition) is 0. The Morgan fingerprint density at radius 2 is 2.15 bits per heavy atom. The minimum absolute atomic E-state index is 0.0472. The summed E-state index contributed by atoms with van der Waals surface area (Å²) in [5.41, 5.74) is 1.77. The van der Waals surface area contributed by atoms with Crippen LogP contribution in [0.2, 0.25) is 5.02 Å². The van der Waals surface area contributed by atoms with Crippen LogP contribution < -0.4 is 4.74 Å². The van der Waals surface area contributed by atoms with Gasteiger partial charge in [0.2, 0.25) is 0 Å². The van der Waals surface area contributed by atoms with Crippen molar-refractivity contribution in [2.24, 2.45) is 0 Å². The van der Waals surface area contributed by atoms with Gasteiger partial charge in [-0.05, 0) is 32.0 Å². The number of nitro groups is 1. The lowest BCUT2D eigenvalue weighted by atomic mass is 10.2. The zero-order chi connectivity index (χ0) is 14.9. The van der Waals surface area contributed by atoms with Gasteiger partial charge in [-0.15, -0.1) is 0 Å². The molecule has 0 bridgehead atoms. The average molecular weight is 296 g/mol. The Bertz CT molecular complexity index is 667. The minimum Gasteiger partial charge on any atom is -0.496 e. The summed E-state index contributed by atoms with van der Waals surface area (Å²) in [6.45, 7) is 3.66. The summed E-state index contributed by atoms with van der Waals surface area (Å²) in [6, 6.07) is 5.26. The highest BCUT2D eigenvalue weighted by Gasteiger charge is 2.22. The Morgan fingerprint density at radius 1 is 1.45 bits per heavy atom. The van der Waals surface area contributed by atoms with Crippen LogP contribution >= 0.6 is 11.6 Å². The van der Waals surface area contributed by atoms with Gasteiger partial charge in [0.15, 0.2) is 0 Å². The quantitative estimate of drug-likeness (QED) is 0.642. The van der Waals surface area contributed by atoms with E-state index >= 15 is 0 Å². The molecule has 0 saturated carbocycles. The van der Waals surface area contributed by atoms with Crippen LogP contribution in [0.4, 0.5) is 5.69 Å². The Labute approximate surface area is 121 Å². The van der Waals surface area contributed by atoms with E-state index in [1.54, 1.807) is 43.8 Å². The normalized spacial score (nSPS) is 10.6. The molecule has 2 aromatic rings. The zero-order valence-corrected chi connectivity index (χ0v) is 12.1. The third-order valence-electron chi connectivity index (χ3n) is 3.09. The molecule has 0 spiro atoms. The largest absolute Gasteiger partial charge is 0.496 e. The Kier molecular flexibility index (Phi) is 3.94. The molecular formula is C13H14ClN3O3. The van der Waals surface area contributed by atoms with Gasteiger partial charge in [-0.3, -0.25) is 14.8 Å². The number of methoxy groups -OCH3 is 1. The summed E-state index contributed by atoms with van der Waals surface area (Å²) in [5, 5.41) is 15.8. The first-order valence-electron chi connectivity index (χ1n) is 5.95. The SMILES string of the molecule is COc1ccc(Cl)cc1Cn1nc(C)c([N+](=O)[O-])c1C. The molecule has 20 heavy (non-hydrogen) atoms. The van der Waals surface area contributed by atoms with Crippen molar-refractivity contribution in [3.63, 3.8) is 0 Å². The van der Waals surface area contributed by atoms with E-state index < -0.39 is 4.92 Å². The van der Waals surface area contributed by atoms with Crippen LogP contribution in [0, 0.1) is 24.0 Å². The van der Waals surface area contributed by atoms with Gasteiger partial charge in [0.05, 0.1) is 18.6 Å². The highest BCUT2D eigenvalue weighted by atomic mass is 35.5.